The van der Waals surface area contributed by atoms with E-state index in [2.05, 4.69) is 36.4 Å². The molecule has 5 heteroatoms. The Bertz CT molecular complexity index is 860. The van der Waals surface area contributed by atoms with Crippen molar-refractivity contribution < 1.29 is 19.1 Å². The van der Waals surface area contributed by atoms with Crippen molar-refractivity contribution in [1.29, 1.82) is 0 Å². The number of amides is 2. The van der Waals surface area contributed by atoms with Crippen molar-refractivity contribution in [3.63, 3.8) is 0 Å². The molecule has 1 heterocycles. The lowest BCUT2D eigenvalue weighted by Gasteiger charge is -2.23. The zero-order chi connectivity index (χ0) is 20.8. The second kappa shape index (κ2) is 9.50. The van der Waals surface area contributed by atoms with E-state index in [1.165, 1.54) is 4.90 Å². The van der Waals surface area contributed by atoms with Crippen LogP contribution in [0.2, 0.25) is 0 Å². The van der Waals surface area contributed by atoms with Gasteiger partial charge in [-0.3, -0.25) is 19.3 Å². The van der Waals surface area contributed by atoms with Gasteiger partial charge < -0.3 is 4.74 Å². The molecule has 0 spiro atoms. The van der Waals surface area contributed by atoms with Crippen LogP contribution in [0.25, 0.3) is 11.1 Å². The summed E-state index contributed by atoms with van der Waals surface area (Å²) in [7, 11) is 0. The molecule has 2 aromatic carbocycles. The SMILES string of the molecule is CCOC(=O)CCC(=O)N1C(=O)[C@H](C)C[C@H]1Cc1ccc(-c2ccccc2)cc1. The van der Waals surface area contributed by atoms with Crippen LogP contribution in [0.4, 0.5) is 0 Å². The summed E-state index contributed by atoms with van der Waals surface area (Å²) in [5, 5.41) is 0. The zero-order valence-corrected chi connectivity index (χ0v) is 17.0. The largest absolute Gasteiger partial charge is 0.466 e. The van der Waals surface area contributed by atoms with Crippen molar-refractivity contribution in [3.8, 4) is 11.1 Å². The number of hydrogen-bond acceptors (Lipinski definition) is 4. The average Bonchev–Trinajstić information content (AvgIpc) is 3.01. The average molecular weight is 393 g/mol. The molecule has 0 bridgehead atoms. The minimum absolute atomic E-state index is 0.000732. The van der Waals surface area contributed by atoms with Crippen LogP contribution in [0.1, 0.15) is 38.7 Å². The summed E-state index contributed by atoms with van der Waals surface area (Å²) in [5.74, 6) is -1.04. The Kier molecular flexibility index (Phi) is 6.81. The molecule has 29 heavy (non-hydrogen) atoms. The molecule has 5 nitrogen and oxygen atoms in total. The van der Waals surface area contributed by atoms with E-state index in [-0.39, 0.29) is 43.2 Å². The smallest absolute Gasteiger partial charge is 0.306 e. The van der Waals surface area contributed by atoms with Crippen LogP contribution in [0.5, 0.6) is 0 Å². The number of esters is 1. The Balaban J connectivity index is 1.67. The normalized spacial score (nSPS) is 18.7. The van der Waals surface area contributed by atoms with Gasteiger partial charge in [-0.25, -0.2) is 0 Å². The van der Waals surface area contributed by atoms with E-state index in [0.29, 0.717) is 12.8 Å². The predicted molar refractivity (Wildman–Crippen MR) is 111 cm³/mol. The van der Waals surface area contributed by atoms with Gasteiger partial charge in [0, 0.05) is 18.4 Å². The molecular weight excluding hydrogens is 366 g/mol. The Morgan fingerprint density at radius 3 is 2.31 bits per heavy atom. The summed E-state index contributed by atoms with van der Waals surface area (Å²) in [6.45, 7) is 3.87. The van der Waals surface area contributed by atoms with Crippen LogP contribution < -0.4 is 0 Å². The van der Waals surface area contributed by atoms with Crippen molar-refractivity contribution in [3.05, 3.63) is 60.2 Å². The third-order valence-electron chi connectivity index (χ3n) is 5.30. The van der Waals surface area contributed by atoms with Gasteiger partial charge in [-0.2, -0.15) is 0 Å². The molecule has 0 aliphatic carbocycles. The Morgan fingerprint density at radius 1 is 1.00 bits per heavy atom. The highest BCUT2D eigenvalue weighted by Gasteiger charge is 2.40. The van der Waals surface area contributed by atoms with Gasteiger partial charge in [-0.15, -0.1) is 0 Å². The Labute approximate surface area is 171 Å². The second-order valence-electron chi connectivity index (χ2n) is 7.46. The van der Waals surface area contributed by atoms with Crippen LogP contribution >= 0.6 is 0 Å². The maximum atomic E-state index is 12.6. The molecule has 0 aromatic heterocycles. The number of carbonyl (C=O) groups is 3. The molecule has 1 fully saturated rings. The van der Waals surface area contributed by atoms with E-state index < -0.39 is 5.97 Å². The summed E-state index contributed by atoms with van der Waals surface area (Å²) in [5.41, 5.74) is 3.37. The number of imide groups is 1. The molecule has 152 valence electrons. The monoisotopic (exact) mass is 393 g/mol. The van der Waals surface area contributed by atoms with E-state index >= 15 is 0 Å². The third-order valence-corrected chi connectivity index (χ3v) is 5.30. The van der Waals surface area contributed by atoms with Gasteiger partial charge in [0.15, 0.2) is 0 Å². The predicted octanol–water partition coefficient (Wildman–Crippen LogP) is 4.00. The summed E-state index contributed by atoms with van der Waals surface area (Å²) >= 11 is 0. The van der Waals surface area contributed by atoms with Crippen LogP contribution in [0.3, 0.4) is 0 Å². The first-order valence-electron chi connectivity index (χ1n) is 10.2. The lowest BCUT2D eigenvalue weighted by molar-refractivity contribution is -0.149. The van der Waals surface area contributed by atoms with Crippen molar-refractivity contribution in [2.45, 2.75) is 45.6 Å². The molecular formula is C24H27NO4. The van der Waals surface area contributed by atoms with E-state index in [1.54, 1.807) is 6.92 Å². The fourth-order valence-corrected chi connectivity index (χ4v) is 3.83. The standard InChI is InChI=1S/C24H27NO4/c1-3-29-23(27)14-13-22(26)25-21(15-17(2)24(25)28)16-18-9-11-20(12-10-18)19-7-5-4-6-8-19/h4-12,17,21H,3,13-16H2,1-2H3/t17-,21+/m1/s1. The van der Waals surface area contributed by atoms with Gasteiger partial charge in [0.2, 0.25) is 11.8 Å². The minimum Gasteiger partial charge on any atom is -0.466 e. The van der Waals surface area contributed by atoms with Crippen LogP contribution in [0.15, 0.2) is 54.6 Å². The number of rotatable bonds is 7. The van der Waals surface area contributed by atoms with Crippen LogP contribution in [-0.4, -0.2) is 35.3 Å². The van der Waals surface area contributed by atoms with Gasteiger partial charge in [-0.05, 0) is 36.5 Å². The molecule has 0 saturated carbocycles. The number of benzene rings is 2. The number of likely N-dealkylation sites (tertiary alicyclic amines) is 1. The van der Waals surface area contributed by atoms with Crippen molar-refractivity contribution >= 4 is 17.8 Å². The molecule has 3 rings (SSSR count). The summed E-state index contributed by atoms with van der Waals surface area (Å²) in [6.07, 6.45) is 1.27. The molecule has 0 unspecified atom stereocenters. The number of ether oxygens (including phenoxy) is 1. The molecule has 0 radical (unpaired) electrons. The Morgan fingerprint density at radius 2 is 1.66 bits per heavy atom. The highest BCUT2D eigenvalue weighted by molar-refractivity contribution is 5.99. The van der Waals surface area contributed by atoms with E-state index in [0.717, 1.165) is 16.7 Å². The van der Waals surface area contributed by atoms with E-state index in [1.807, 2.05) is 25.1 Å². The topological polar surface area (TPSA) is 63.7 Å². The maximum absolute atomic E-state index is 12.6. The van der Waals surface area contributed by atoms with Crippen molar-refractivity contribution in [2.24, 2.45) is 5.92 Å². The van der Waals surface area contributed by atoms with E-state index in [4.69, 9.17) is 4.74 Å². The van der Waals surface area contributed by atoms with Gasteiger partial charge in [0.05, 0.1) is 13.0 Å². The molecule has 2 amide bonds. The highest BCUT2D eigenvalue weighted by Crippen LogP contribution is 2.29. The van der Waals surface area contributed by atoms with Gasteiger partial charge in [-0.1, -0.05) is 61.5 Å². The first-order valence-corrected chi connectivity index (χ1v) is 10.2. The quantitative estimate of drug-likeness (QED) is 0.667. The fourth-order valence-electron chi connectivity index (χ4n) is 3.83. The van der Waals surface area contributed by atoms with Gasteiger partial charge >= 0.3 is 5.97 Å². The summed E-state index contributed by atoms with van der Waals surface area (Å²) in [4.78, 5) is 38.1. The molecule has 1 aliphatic rings. The van der Waals surface area contributed by atoms with Crippen molar-refractivity contribution in [2.75, 3.05) is 6.61 Å². The first-order chi connectivity index (χ1) is 14.0. The second-order valence-corrected chi connectivity index (χ2v) is 7.46. The number of nitrogens with zero attached hydrogens (tertiary/aromatic N) is 1. The Hall–Kier alpha value is -2.95. The lowest BCUT2D eigenvalue weighted by atomic mass is 9.98. The molecule has 2 aromatic rings. The molecule has 1 saturated heterocycles. The maximum Gasteiger partial charge on any atom is 0.306 e. The van der Waals surface area contributed by atoms with Gasteiger partial charge in [0.1, 0.15) is 0 Å². The number of hydrogen-bond donors (Lipinski definition) is 0. The first kappa shape index (κ1) is 20.8. The summed E-state index contributed by atoms with van der Waals surface area (Å²) in [6, 6.07) is 18.2. The van der Waals surface area contributed by atoms with Crippen LogP contribution in [0, 0.1) is 5.92 Å². The molecule has 1 aliphatic heterocycles. The number of carbonyl (C=O) groups excluding carboxylic acids is 3. The fraction of sp³-hybridized carbons (Fsp3) is 0.375. The third kappa shape index (κ3) is 5.11. The lowest BCUT2D eigenvalue weighted by Crippen LogP contribution is -2.40. The summed E-state index contributed by atoms with van der Waals surface area (Å²) < 4.78 is 4.88. The highest BCUT2D eigenvalue weighted by atomic mass is 16.5. The molecule has 0 N–H and O–H groups in total. The van der Waals surface area contributed by atoms with Gasteiger partial charge in [0.25, 0.3) is 0 Å². The molecule has 2 atom stereocenters. The minimum atomic E-state index is -0.409. The van der Waals surface area contributed by atoms with Crippen molar-refractivity contribution in [1.82, 2.24) is 4.90 Å². The van der Waals surface area contributed by atoms with E-state index in [9.17, 15) is 14.4 Å². The zero-order valence-electron chi connectivity index (χ0n) is 17.0. The van der Waals surface area contributed by atoms with Crippen LogP contribution in [-0.2, 0) is 25.5 Å².